The first kappa shape index (κ1) is 28.5. The van der Waals surface area contributed by atoms with E-state index in [1.54, 1.807) is 39.8 Å². The van der Waals surface area contributed by atoms with Crippen LogP contribution < -0.4 is 11.5 Å². The molecule has 0 bridgehead atoms. The molecule has 2 aliphatic heterocycles. The van der Waals surface area contributed by atoms with Gasteiger partial charge in [0.05, 0.1) is 24.9 Å². The third kappa shape index (κ3) is 8.45. The van der Waals surface area contributed by atoms with Gasteiger partial charge in [-0.05, 0) is 30.7 Å². The number of alkyl halides is 1. The molecule has 35 heavy (non-hydrogen) atoms. The summed E-state index contributed by atoms with van der Waals surface area (Å²) in [6.45, 7) is 6.63. The summed E-state index contributed by atoms with van der Waals surface area (Å²) in [6.07, 6.45) is 9.39. The molecule has 4 N–H and O–H groups in total. The second-order valence-corrected chi connectivity index (χ2v) is 9.52. The third-order valence-corrected chi connectivity index (χ3v) is 6.70. The van der Waals surface area contributed by atoms with E-state index in [0.29, 0.717) is 48.9 Å². The van der Waals surface area contributed by atoms with Crippen LogP contribution in [-0.4, -0.2) is 60.3 Å². The van der Waals surface area contributed by atoms with Gasteiger partial charge in [-0.3, -0.25) is 19.0 Å². The quantitative estimate of drug-likeness (QED) is 0.437. The van der Waals surface area contributed by atoms with Crippen LogP contribution in [0.4, 0.5) is 11.6 Å². The molecular formula is C24H41ClN8O2. The summed E-state index contributed by atoms with van der Waals surface area (Å²) in [5.74, 6) is 2.89. The highest BCUT2D eigenvalue weighted by Gasteiger charge is 2.29. The molecule has 2 aromatic rings. The molecule has 2 saturated heterocycles. The normalized spacial score (nSPS) is 19.5. The molecule has 0 aromatic carbocycles. The van der Waals surface area contributed by atoms with E-state index in [2.05, 4.69) is 24.0 Å². The van der Waals surface area contributed by atoms with E-state index >= 15 is 0 Å². The van der Waals surface area contributed by atoms with E-state index < -0.39 is 0 Å². The monoisotopic (exact) mass is 508 g/mol. The van der Waals surface area contributed by atoms with Crippen LogP contribution in [0.2, 0.25) is 0 Å². The summed E-state index contributed by atoms with van der Waals surface area (Å²) >= 11 is 5.57. The number of carbonyl (C=O) groups is 2. The SMILES string of the molecule is CCCC1CC(=O)N(CCl)C1.CCCC1CC(=O)N(Cc2cnn(C)c2N)C1.Cn1nccc1N. The van der Waals surface area contributed by atoms with Gasteiger partial charge < -0.3 is 21.3 Å². The molecule has 0 saturated carbocycles. The lowest BCUT2D eigenvalue weighted by atomic mass is 10.0. The Morgan fingerprint density at radius 1 is 0.943 bits per heavy atom. The van der Waals surface area contributed by atoms with Gasteiger partial charge in [0.25, 0.3) is 0 Å². The minimum atomic E-state index is 0.221. The number of rotatable bonds is 7. The first-order valence-corrected chi connectivity index (χ1v) is 12.8. The number of aromatic nitrogens is 4. The van der Waals surface area contributed by atoms with Crippen molar-refractivity contribution in [1.82, 2.24) is 29.4 Å². The maximum atomic E-state index is 11.8. The van der Waals surface area contributed by atoms with E-state index in [0.717, 1.165) is 44.3 Å². The van der Waals surface area contributed by atoms with Crippen LogP contribution in [0.5, 0.6) is 0 Å². The lowest BCUT2D eigenvalue weighted by Gasteiger charge is -2.16. The van der Waals surface area contributed by atoms with E-state index in [-0.39, 0.29) is 11.8 Å². The van der Waals surface area contributed by atoms with E-state index in [1.165, 1.54) is 0 Å². The van der Waals surface area contributed by atoms with Gasteiger partial charge >= 0.3 is 0 Å². The zero-order chi connectivity index (χ0) is 26.0. The number of nitrogens with two attached hydrogens (primary N) is 2. The molecule has 2 aliphatic rings. The zero-order valence-electron chi connectivity index (χ0n) is 21.5. The van der Waals surface area contributed by atoms with Crippen LogP contribution in [0.1, 0.15) is 57.9 Å². The van der Waals surface area contributed by atoms with Gasteiger partial charge in [-0.1, -0.05) is 26.7 Å². The Morgan fingerprint density at radius 3 is 1.89 bits per heavy atom. The Balaban J connectivity index is 0.000000205. The number of hydrogen-bond donors (Lipinski definition) is 2. The van der Waals surface area contributed by atoms with E-state index in [4.69, 9.17) is 23.1 Å². The average Bonchev–Trinajstić information content (AvgIpc) is 3.56. The summed E-state index contributed by atoms with van der Waals surface area (Å²) in [6, 6.07) is 2.11. The molecule has 4 rings (SSSR count). The van der Waals surface area contributed by atoms with Gasteiger partial charge in [0.1, 0.15) is 11.6 Å². The lowest BCUT2D eigenvalue weighted by Crippen LogP contribution is -2.24. The fraction of sp³-hybridized carbons (Fsp3) is 0.667. The van der Waals surface area contributed by atoms with Crippen LogP contribution in [0.25, 0.3) is 0 Å². The minimum Gasteiger partial charge on any atom is -0.384 e. The highest BCUT2D eigenvalue weighted by Crippen LogP contribution is 2.25. The highest BCUT2D eigenvalue weighted by atomic mass is 35.5. The topological polar surface area (TPSA) is 128 Å². The minimum absolute atomic E-state index is 0.221. The predicted octanol–water partition coefficient (Wildman–Crippen LogP) is 2.98. The van der Waals surface area contributed by atoms with Crippen LogP contribution in [0.15, 0.2) is 18.5 Å². The van der Waals surface area contributed by atoms with Gasteiger partial charge in [0, 0.05) is 45.6 Å². The van der Waals surface area contributed by atoms with Crippen LogP contribution >= 0.6 is 11.6 Å². The van der Waals surface area contributed by atoms with Crippen LogP contribution in [0.3, 0.4) is 0 Å². The number of aryl methyl sites for hydroxylation is 2. The number of nitrogens with zero attached hydrogens (tertiary/aromatic N) is 6. The molecule has 0 radical (unpaired) electrons. The lowest BCUT2D eigenvalue weighted by molar-refractivity contribution is -0.128. The Bertz CT molecular complexity index is 927. The van der Waals surface area contributed by atoms with Crippen molar-refractivity contribution in [3.8, 4) is 0 Å². The molecule has 11 heteroatoms. The first-order valence-electron chi connectivity index (χ1n) is 12.3. The zero-order valence-corrected chi connectivity index (χ0v) is 22.2. The summed E-state index contributed by atoms with van der Waals surface area (Å²) in [4.78, 5) is 26.6. The van der Waals surface area contributed by atoms with Crippen LogP contribution in [-0.2, 0) is 30.2 Å². The number of halogens is 1. The van der Waals surface area contributed by atoms with Crippen molar-refractivity contribution in [3.05, 3.63) is 24.0 Å². The molecule has 2 unspecified atom stereocenters. The van der Waals surface area contributed by atoms with E-state index in [9.17, 15) is 9.59 Å². The van der Waals surface area contributed by atoms with Crippen molar-refractivity contribution in [3.63, 3.8) is 0 Å². The molecule has 2 amide bonds. The fourth-order valence-corrected chi connectivity index (χ4v) is 4.61. The Hall–Kier alpha value is -2.75. The van der Waals surface area contributed by atoms with Crippen LogP contribution in [0, 0.1) is 11.8 Å². The third-order valence-electron chi connectivity index (χ3n) is 6.41. The molecule has 2 aromatic heterocycles. The molecule has 0 spiro atoms. The maximum absolute atomic E-state index is 11.8. The van der Waals surface area contributed by atoms with Gasteiger partial charge in [0.2, 0.25) is 11.8 Å². The van der Waals surface area contributed by atoms with Crippen molar-refractivity contribution < 1.29 is 9.59 Å². The molecule has 4 heterocycles. The number of carbonyl (C=O) groups excluding carboxylic acids is 2. The van der Waals surface area contributed by atoms with Gasteiger partial charge in [0.15, 0.2) is 0 Å². The average molecular weight is 509 g/mol. The second kappa shape index (κ2) is 14.0. The van der Waals surface area contributed by atoms with Gasteiger partial charge in [-0.15, -0.1) is 11.6 Å². The number of amides is 2. The number of likely N-dealkylation sites (tertiary alicyclic amines) is 2. The standard InChI is InChI=1S/C12H20N4O.C8H14ClNO.C4H7N3/c1-3-4-9-5-11(17)16(7-9)8-10-6-14-15(2)12(10)13;1-2-3-7-4-8(11)10(5-7)6-9;1-7-4(5)2-3-6-7/h6,9H,3-5,7-8,13H2,1-2H3;7H,2-6H2,1H3;2-3H,5H2,1H3. The van der Waals surface area contributed by atoms with E-state index in [1.807, 2.05) is 11.9 Å². The molecule has 2 atom stereocenters. The maximum Gasteiger partial charge on any atom is 0.223 e. The molecule has 2 fully saturated rings. The largest absolute Gasteiger partial charge is 0.384 e. The predicted molar refractivity (Wildman–Crippen MR) is 139 cm³/mol. The fourth-order valence-electron chi connectivity index (χ4n) is 4.38. The highest BCUT2D eigenvalue weighted by molar-refractivity contribution is 6.18. The Morgan fingerprint density at radius 2 is 1.51 bits per heavy atom. The number of anilines is 2. The molecule has 196 valence electrons. The number of hydrogen-bond acceptors (Lipinski definition) is 6. The summed E-state index contributed by atoms with van der Waals surface area (Å²) < 4.78 is 3.25. The van der Waals surface area contributed by atoms with Gasteiger partial charge in [-0.25, -0.2) is 0 Å². The molecule has 10 nitrogen and oxygen atoms in total. The first-order chi connectivity index (χ1) is 16.7. The molecule has 0 aliphatic carbocycles. The Kier molecular flexibility index (Phi) is 11.4. The van der Waals surface area contributed by atoms with Gasteiger partial charge in [-0.2, -0.15) is 10.2 Å². The summed E-state index contributed by atoms with van der Waals surface area (Å²) in [5.41, 5.74) is 12.2. The van der Waals surface area contributed by atoms with Crippen molar-refractivity contribution in [2.24, 2.45) is 25.9 Å². The smallest absolute Gasteiger partial charge is 0.223 e. The van der Waals surface area contributed by atoms with Crippen molar-refractivity contribution in [1.29, 1.82) is 0 Å². The number of nitrogen functional groups attached to an aromatic ring is 2. The molecular weight excluding hydrogens is 468 g/mol. The Labute approximate surface area is 213 Å². The summed E-state index contributed by atoms with van der Waals surface area (Å²) in [7, 11) is 3.61. The van der Waals surface area contributed by atoms with Crippen molar-refractivity contribution >= 4 is 35.1 Å². The van der Waals surface area contributed by atoms with Crippen molar-refractivity contribution in [2.45, 2.75) is 58.9 Å². The summed E-state index contributed by atoms with van der Waals surface area (Å²) in [5, 5.41) is 7.90. The second-order valence-electron chi connectivity index (χ2n) is 9.29. The van der Waals surface area contributed by atoms with Crippen molar-refractivity contribution in [2.75, 3.05) is 30.6 Å².